The van der Waals surface area contributed by atoms with Crippen LogP contribution in [-0.2, 0) is 5.88 Å². The van der Waals surface area contributed by atoms with Gasteiger partial charge in [0.2, 0.25) is 5.88 Å². The molecule has 1 aromatic carbocycles. The second-order valence-electron chi connectivity index (χ2n) is 4.29. The number of imidazole rings is 1. The van der Waals surface area contributed by atoms with Gasteiger partial charge in [-0.05, 0) is 40.2 Å². The van der Waals surface area contributed by atoms with Crippen molar-refractivity contribution in [1.29, 1.82) is 0 Å². The lowest BCUT2D eigenvalue weighted by molar-refractivity contribution is 0.399. The molecule has 0 aliphatic heterocycles. The predicted octanol–water partition coefficient (Wildman–Crippen LogP) is 4.58. The summed E-state index contributed by atoms with van der Waals surface area (Å²) in [6.07, 6.45) is 0. The van der Waals surface area contributed by atoms with E-state index in [1.54, 1.807) is 13.2 Å². The van der Waals surface area contributed by atoms with Gasteiger partial charge < -0.3 is 4.74 Å². The Labute approximate surface area is 139 Å². The first-order valence-corrected chi connectivity index (χ1v) is 7.78. The van der Waals surface area contributed by atoms with Gasteiger partial charge in [-0.3, -0.25) is 4.57 Å². The molecule has 0 bridgehead atoms. The summed E-state index contributed by atoms with van der Waals surface area (Å²) < 4.78 is 7.89. The van der Waals surface area contributed by atoms with E-state index >= 15 is 0 Å². The van der Waals surface area contributed by atoms with E-state index in [9.17, 15) is 0 Å². The molecular weight excluding hydrogens is 377 g/mol. The molecule has 0 N–H and O–H groups in total. The second kappa shape index (κ2) is 5.83. The highest BCUT2D eigenvalue weighted by Gasteiger charge is 2.14. The first-order valence-electron chi connectivity index (χ1n) is 6.08. The van der Waals surface area contributed by atoms with Crippen LogP contribution in [-0.4, -0.2) is 21.6 Å². The maximum absolute atomic E-state index is 6.18. The van der Waals surface area contributed by atoms with E-state index in [1.807, 2.05) is 28.8 Å². The van der Waals surface area contributed by atoms with E-state index < -0.39 is 0 Å². The van der Waals surface area contributed by atoms with Gasteiger partial charge in [0, 0.05) is 10.5 Å². The van der Waals surface area contributed by atoms with Crippen molar-refractivity contribution in [3.63, 3.8) is 0 Å². The Morgan fingerprint density at radius 3 is 2.71 bits per heavy atom. The lowest BCUT2D eigenvalue weighted by atomic mass is 10.3. The summed E-state index contributed by atoms with van der Waals surface area (Å²) in [6.45, 7) is 0. The summed E-state index contributed by atoms with van der Waals surface area (Å²) in [5.41, 5.74) is 2.29. The third kappa shape index (κ3) is 2.61. The molecule has 0 saturated carbocycles. The SMILES string of the molecule is COc1ccc2nc(CCl)n(-c3ccc(Br)c(Cl)c3)c2n1. The molecule has 3 rings (SSSR count). The largest absolute Gasteiger partial charge is 0.481 e. The van der Waals surface area contributed by atoms with E-state index in [0.29, 0.717) is 22.4 Å². The summed E-state index contributed by atoms with van der Waals surface area (Å²) in [5.74, 6) is 1.49. The Kier molecular flexibility index (Phi) is 4.06. The van der Waals surface area contributed by atoms with Gasteiger partial charge in [-0.2, -0.15) is 4.98 Å². The van der Waals surface area contributed by atoms with Gasteiger partial charge in [-0.15, -0.1) is 11.6 Å². The second-order valence-corrected chi connectivity index (χ2v) is 5.82. The van der Waals surface area contributed by atoms with Gasteiger partial charge in [-0.1, -0.05) is 11.6 Å². The van der Waals surface area contributed by atoms with Gasteiger partial charge in [-0.25, -0.2) is 4.98 Å². The number of hydrogen-bond donors (Lipinski definition) is 0. The van der Waals surface area contributed by atoms with Crippen molar-refractivity contribution in [2.24, 2.45) is 0 Å². The average Bonchev–Trinajstić information content (AvgIpc) is 2.87. The van der Waals surface area contributed by atoms with E-state index in [1.165, 1.54) is 0 Å². The molecule has 0 radical (unpaired) electrons. The van der Waals surface area contributed by atoms with Crippen LogP contribution in [0, 0.1) is 0 Å². The normalized spacial score (nSPS) is 11.0. The highest BCUT2D eigenvalue weighted by atomic mass is 79.9. The first kappa shape index (κ1) is 14.6. The van der Waals surface area contributed by atoms with E-state index in [0.717, 1.165) is 15.7 Å². The van der Waals surface area contributed by atoms with Crippen LogP contribution in [0.25, 0.3) is 16.9 Å². The Hall–Kier alpha value is -1.30. The maximum Gasteiger partial charge on any atom is 0.215 e. The van der Waals surface area contributed by atoms with Gasteiger partial charge in [0.1, 0.15) is 11.3 Å². The molecule has 7 heteroatoms. The summed E-state index contributed by atoms with van der Waals surface area (Å²) in [7, 11) is 1.58. The molecule has 0 aliphatic carbocycles. The molecule has 21 heavy (non-hydrogen) atoms. The van der Waals surface area contributed by atoms with Gasteiger partial charge in [0.15, 0.2) is 5.65 Å². The molecule has 108 valence electrons. The lowest BCUT2D eigenvalue weighted by Crippen LogP contribution is -2.01. The number of halogens is 3. The van der Waals surface area contributed by atoms with Crippen LogP contribution in [0.3, 0.4) is 0 Å². The third-order valence-corrected chi connectivity index (χ3v) is 4.51. The van der Waals surface area contributed by atoms with Gasteiger partial charge >= 0.3 is 0 Å². The van der Waals surface area contributed by atoms with Gasteiger partial charge in [0.05, 0.1) is 23.7 Å². The van der Waals surface area contributed by atoms with Crippen molar-refractivity contribution in [3.05, 3.63) is 45.7 Å². The van der Waals surface area contributed by atoms with E-state index in [-0.39, 0.29) is 5.88 Å². The van der Waals surface area contributed by atoms with Crippen LogP contribution in [0.15, 0.2) is 34.8 Å². The highest BCUT2D eigenvalue weighted by Crippen LogP contribution is 2.28. The molecule has 2 aromatic heterocycles. The van der Waals surface area contributed by atoms with E-state index in [4.69, 9.17) is 27.9 Å². The van der Waals surface area contributed by atoms with Crippen molar-refractivity contribution >= 4 is 50.3 Å². The fraction of sp³-hybridized carbons (Fsp3) is 0.143. The summed E-state index contributed by atoms with van der Waals surface area (Å²) in [5, 5.41) is 0.609. The number of hydrogen-bond acceptors (Lipinski definition) is 3. The van der Waals surface area contributed by atoms with Crippen molar-refractivity contribution < 1.29 is 4.74 Å². The topological polar surface area (TPSA) is 39.9 Å². The minimum Gasteiger partial charge on any atom is -0.481 e. The number of methoxy groups -OCH3 is 1. The average molecular weight is 387 g/mol. The van der Waals surface area contributed by atoms with Crippen molar-refractivity contribution in [2.45, 2.75) is 5.88 Å². The standard InChI is InChI=1S/C14H10BrCl2N3O/c1-21-13-5-4-11-14(19-13)20(12(7-16)18-11)8-2-3-9(15)10(17)6-8/h2-6H,7H2,1H3. The quantitative estimate of drug-likeness (QED) is 0.618. The van der Waals surface area contributed by atoms with Crippen LogP contribution in [0.2, 0.25) is 5.02 Å². The maximum atomic E-state index is 6.18. The molecule has 0 spiro atoms. The van der Waals surface area contributed by atoms with E-state index in [2.05, 4.69) is 25.9 Å². The van der Waals surface area contributed by atoms with Crippen LogP contribution < -0.4 is 4.74 Å². The number of aromatic nitrogens is 3. The molecule has 0 fully saturated rings. The smallest absolute Gasteiger partial charge is 0.215 e. The fourth-order valence-corrected chi connectivity index (χ4v) is 2.69. The number of rotatable bonds is 3. The molecule has 3 aromatic rings. The Morgan fingerprint density at radius 1 is 1.24 bits per heavy atom. The molecule has 0 saturated heterocycles. The minimum absolute atomic E-state index is 0.270. The molecule has 0 atom stereocenters. The number of fused-ring (bicyclic) bond motifs is 1. The Balaban J connectivity index is 2.30. The molecule has 2 heterocycles. The fourth-order valence-electron chi connectivity index (χ4n) is 2.09. The lowest BCUT2D eigenvalue weighted by Gasteiger charge is -2.09. The summed E-state index contributed by atoms with van der Waals surface area (Å²) >= 11 is 15.6. The molecule has 4 nitrogen and oxygen atoms in total. The molecule has 0 unspecified atom stereocenters. The van der Waals surface area contributed by atoms with Crippen molar-refractivity contribution in [1.82, 2.24) is 14.5 Å². The minimum atomic E-state index is 0.270. The number of nitrogens with zero attached hydrogens (tertiary/aromatic N) is 3. The predicted molar refractivity (Wildman–Crippen MR) is 87.7 cm³/mol. The van der Waals surface area contributed by atoms with Crippen LogP contribution in [0.4, 0.5) is 0 Å². The monoisotopic (exact) mass is 385 g/mol. The van der Waals surface area contributed by atoms with Crippen molar-refractivity contribution in [2.75, 3.05) is 7.11 Å². The van der Waals surface area contributed by atoms with Gasteiger partial charge in [0.25, 0.3) is 0 Å². The summed E-state index contributed by atoms with van der Waals surface area (Å²) in [6, 6.07) is 9.26. The highest BCUT2D eigenvalue weighted by molar-refractivity contribution is 9.10. The number of pyridine rings is 1. The summed E-state index contributed by atoms with van der Waals surface area (Å²) in [4.78, 5) is 8.95. The van der Waals surface area contributed by atoms with Crippen LogP contribution >= 0.6 is 39.1 Å². The Bertz CT molecular complexity index is 819. The zero-order valence-corrected chi connectivity index (χ0v) is 14.1. The molecule has 0 amide bonds. The van der Waals surface area contributed by atoms with Crippen molar-refractivity contribution in [3.8, 4) is 11.6 Å². The number of benzene rings is 1. The Morgan fingerprint density at radius 2 is 2.05 bits per heavy atom. The van der Waals surface area contributed by atoms with Crippen LogP contribution in [0.5, 0.6) is 5.88 Å². The van der Waals surface area contributed by atoms with Crippen LogP contribution in [0.1, 0.15) is 5.82 Å². The molecular formula is C14H10BrCl2N3O. The zero-order valence-electron chi connectivity index (χ0n) is 11.0. The molecule has 0 aliphatic rings. The first-order chi connectivity index (χ1) is 10.1. The number of alkyl halides is 1. The number of ether oxygens (including phenoxy) is 1. The third-order valence-electron chi connectivity index (χ3n) is 3.04. The zero-order chi connectivity index (χ0) is 15.0.